The number of carbonyl (C=O) groups is 1. The van der Waals surface area contributed by atoms with Crippen LogP contribution in [0.1, 0.15) is 12.5 Å². The number of benzene rings is 3. The van der Waals surface area contributed by atoms with Crippen molar-refractivity contribution in [1.82, 2.24) is 0 Å². The van der Waals surface area contributed by atoms with Crippen molar-refractivity contribution in [3.8, 4) is 0 Å². The van der Waals surface area contributed by atoms with Gasteiger partial charge in [0, 0.05) is 11.4 Å². The molecule has 0 aliphatic carbocycles. The Hall–Kier alpha value is -3.29. The summed E-state index contributed by atoms with van der Waals surface area (Å²) in [5.74, 6) is -0.677. The minimum atomic E-state index is -4.78. The molecule has 0 saturated carbocycles. The smallest absolute Gasteiger partial charge is 0.324 e. The molecule has 1 atom stereocenters. The van der Waals surface area contributed by atoms with E-state index in [1.165, 1.54) is 31.2 Å². The summed E-state index contributed by atoms with van der Waals surface area (Å²) in [5.41, 5.74) is -1.08. The second-order valence-electron chi connectivity index (χ2n) is 7.88. The van der Waals surface area contributed by atoms with Crippen LogP contribution in [-0.4, -0.2) is 35.0 Å². The second kappa shape index (κ2) is 10.6. The molecule has 0 aliphatic heterocycles. The molecule has 0 bridgehead atoms. The molecule has 0 unspecified atom stereocenters. The Morgan fingerprint density at radius 3 is 2.03 bits per heavy atom. The summed E-state index contributed by atoms with van der Waals surface area (Å²) >= 11 is 5.56. The average Bonchev–Trinajstić information content (AvgIpc) is 2.79. The standard InChI is InChI=1S/C23H21ClF3N3O5S2/c1-15(30(36(2,32)33)18-6-4-3-5-7-18)22(31)28-16-8-11-19(12-9-16)37(34,35)29-17-10-13-21(24)20(14-17)23(25,26)27/h3-15,29H,1-2H3,(H,28,31)/t15-/m1/s1. The third-order valence-corrected chi connectivity index (χ3v) is 8.02. The largest absolute Gasteiger partial charge is 0.417 e. The van der Waals surface area contributed by atoms with E-state index in [0.29, 0.717) is 6.07 Å². The van der Waals surface area contributed by atoms with E-state index < -0.39 is 48.8 Å². The van der Waals surface area contributed by atoms with Gasteiger partial charge >= 0.3 is 6.18 Å². The Balaban J connectivity index is 1.77. The summed E-state index contributed by atoms with van der Waals surface area (Å²) in [6, 6.07) is 14.3. The van der Waals surface area contributed by atoms with Crippen molar-refractivity contribution in [3.05, 3.63) is 83.4 Å². The first-order chi connectivity index (χ1) is 17.1. The van der Waals surface area contributed by atoms with Crippen LogP contribution in [0.5, 0.6) is 0 Å². The fourth-order valence-electron chi connectivity index (χ4n) is 3.37. The molecular formula is C23H21ClF3N3O5S2. The van der Waals surface area contributed by atoms with Crippen LogP contribution >= 0.6 is 11.6 Å². The normalized spacial score (nSPS) is 13.0. The van der Waals surface area contributed by atoms with Crippen molar-refractivity contribution in [3.63, 3.8) is 0 Å². The number of nitrogens with one attached hydrogen (secondary N) is 2. The number of halogens is 4. The third kappa shape index (κ3) is 6.93. The highest BCUT2D eigenvalue weighted by Gasteiger charge is 2.34. The minimum absolute atomic E-state index is 0.170. The SMILES string of the molecule is C[C@H](C(=O)Nc1ccc(S(=O)(=O)Nc2ccc(Cl)c(C(F)(F)F)c2)cc1)N(c1ccccc1)S(C)(=O)=O. The first kappa shape index (κ1) is 28.3. The first-order valence-electron chi connectivity index (χ1n) is 10.4. The lowest BCUT2D eigenvalue weighted by atomic mass is 10.2. The fraction of sp³-hybridized carbons (Fsp3) is 0.174. The van der Waals surface area contributed by atoms with Crippen LogP contribution in [-0.2, 0) is 31.0 Å². The maximum absolute atomic E-state index is 13.1. The van der Waals surface area contributed by atoms with Crippen LogP contribution in [0.3, 0.4) is 0 Å². The summed E-state index contributed by atoms with van der Waals surface area (Å²) in [4.78, 5) is 12.5. The van der Waals surface area contributed by atoms with Crippen molar-refractivity contribution >= 4 is 54.6 Å². The molecule has 2 N–H and O–H groups in total. The summed E-state index contributed by atoms with van der Waals surface area (Å²) < 4.78 is 92.2. The van der Waals surface area contributed by atoms with Gasteiger partial charge in [0.25, 0.3) is 10.0 Å². The molecular weight excluding hydrogens is 555 g/mol. The molecule has 198 valence electrons. The van der Waals surface area contributed by atoms with Crippen LogP contribution < -0.4 is 14.3 Å². The molecule has 37 heavy (non-hydrogen) atoms. The number of hydrogen-bond acceptors (Lipinski definition) is 5. The number of hydrogen-bond donors (Lipinski definition) is 2. The second-order valence-corrected chi connectivity index (χ2v) is 11.8. The van der Waals surface area contributed by atoms with E-state index in [1.54, 1.807) is 18.2 Å². The van der Waals surface area contributed by atoms with Gasteiger partial charge in [0.1, 0.15) is 6.04 Å². The molecule has 0 radical (unpaired) electrons. The van der Waals surface area contributed by atoms with Crippen molar-refractivity contribution in [2.24, 2.45) is 0 Å². The number of carbonyl (C=O) groups excluding carboxylic acids is 1. The molecule has 3 aromatic carbocycles. The van der Waals surface area contributed by atoms with E-state index >= 15 is 0 Å². The molecule has 0 saturated heterocycles. The molecule has 0 aromatic heterocycles. The van der Waals surface area contributed by atoms with Gasteiger partial charge in [0.2, 0.25) is 15.9 Å². The van der Waals surface area contributed by atoms with Crippen LogP contribution in [0.4, 0.5) is 30.2 Å². The van der Waals surface area contributed by atoms with E-state index in [1.807, 2.05) is 0 Å². The molecule has 3 rings (SSSR count). The van der Waals surface area contributed by atoms with Crippen molar-refractivity contribution < 1.29 is 34.8 Å². The summed E-state index contributed by atoms with van der Waals surface area (Å²) in [7, 11) is -8.10. The van der Waals surface area contributed by atoms with Gasteiger partial charge in [-0.05, 0) is 61.5 Å². The lowest BCUT2D eigenvalue weighted by Gasteiger charge is -2.28. The Kier molecular flexibility index (Phi) is 8.10. The third-order valence-electron chi connectivity index (χ3n) is 5.06. The van der Waals surface area contributed by atoms with Gasteiger partial charge in [-0.3, -0.25) is 13.8 Å². The van der Waals surface area contributed by atoms with Crippen LogP contribution in [0.15, 0.2) is 77.7 Å². The van der Waals surface area contributed by atoms with Crippen LogP contribution in [0.25, 0.3) is 0 Å². The molecule has 0 fully saturated rings. The summed E-state index contributed by atoms with van der Waals surface area (Å²) in [5, 5.41) is 1.95. The van der Waals surface area contributed by atoms with Crippen molar-refractivity contribution in [2.45, 2.75) is 24.0 Å². The average molecular weight is 576 g/mol. The Bertz CT molecular complexity index is 1500. The van der Waals surface area contributed by atoms with E-state index in [-0.39, 0.29) is 22.0 Å². The topological polar surface area (TPSA) is 113 Å². The lowest BCUT2D eigenvalue weighted by Crippen LogP contribution is -2.45. The van der Waals surface area contributed by atoms with Crippen molar-refractivity contribution in [1.29, 1.82) is 0 Å². The number of sulfonamides is 2. The van der Waals surface area contributed by atoms with Gasteiger partial charge in [-0.25, -0.2) is 16.8 Å². The summed E-state index contributed by atoms with van der Waals surface area (Å²) in [6.07, 6.45) is -3.81. The molecule has 8 nitrogen and oxygen atoms in total. The highest BCUT2D eigenvalue weighted by atomic mass is 35.5. The lowest BCUT2D eigenvalue weighted by molar-refractivity contribution is -0.137. The number of para-hydroxylation sites is 1. The zero-order chi connectivity index (χ0) is 27.6. The van der Waals surface area contributed by atoms with Gasteiger partial charge < -0.3 is 5.32 Å². The van der Waals surface area contributed by atoms with E-state index in [9.17, 15) is 34.8 Å². The maximum atomic E-state index is 13.1. The fourth-order valence-corrected chi connectivity index (χ4v) is 5.82. The number of anilines is 3. The Morgan fingerprint density at radius 2 is 1.49 bits per heavy atom. The summed E-state index contributed by atoms with van der Waals surface area (Å²) in [6.45, 7) is 1.40. The van der Waals surface area contributed by atoms with Gasteiger partial charge in [-0.2, -0.15) is 13.2 Å². The van der Waals surface area contributed by atoms with Gasteiger partial charge in [-0.15, -0.1) is 0 Å². The Labute approximate surface area is 217 Å². The Morgan fingerprint density at radius 1 is 0.919 bits per heavy atom. The number of rotatable bonds is 8. The number of nitrogens with zero attached hydrogens (tertiary/aromatic N) is 1. The van der Waals surface area contributed by atoms with Gasteiger partial charge in [0.15, 0.2) is 0 Å². The quantitative estimate of drug-likeness (QED) is 0.394. The predicted octanol–water partition coefficient (Wildman–Crippen LogP) is 4.95. The zero-order valence-corrected chi connectivity index (χ0v) is 21.7. The number of alkyl halides is 3. The predicted molar refractivity (Wildman–Crippen MR) is 136 cm³/mol. The molecule has 14 heteroatoms. The molecule has 0 spiro atoms. The monoisotopic (exact) mass is 575 g/mol. The maximum Gasteiger partial charge on any atom is 0.417 e. The number of amides is 1. The highest BCUT2D eigenvalue weighted by molar-refractivity contribution is 7.92. The molecule has 0 aliphatic rings. The van der Waals surface area contributed by atoms with Gasteiger partial charge in [0.05, 0.1) is 27.4 Å². The van der Waals surface area contributed by atoms with E-state index in [4.69, 9.17) is 11.6 Å². The van der Waals surface area contributed by atoms with Gasteiger partial charge in [-0.1, -0.05) is 29.8 Å². The zero-order valence-electron chi connectivity index (χ0n) is 19.3. The molecule has 0 heterocycles. The van der Waals surface area contributed by atoms with Crippen molar-refractivity contribution in [2.75, 3.05) is 20.6 Å². The first-order valence-corrected chi connectivity index (χ1v) is 14.2. The van der Waals surface area contributed by atoms with E-state index in [0.717, 1.165) is 34.8 Å². The highest BCUT2D eigenvalue weighted by Crippen LogP contribution is 2.36. The van der Waals surface area contributed by atoms with Crippen LogP contribution in [0.2, 0.25) is 5.02 Å². The van der Waals surface area contributed by atoms with E-state index in [2.05, 4.69) is 10.0 Å². The molecule has 1 amide bonds. The minimum Gasteiger partial charge on any atom is -0.324 e. The van der Waals surface area contributed by atoms with Crippen LogP contribution in [0, 0.1) is 0 Å². The molecule has 3 aromatic rings.